The lowest BCUT2D eigenvalue weighted by atomic mass is 10.1. The number of benzene rings is 2. The molecule has 0 heterocycles. The highest BCUT2D eigenvalue weighted by Gasteiger charge is 2.48. The molecule has 0 fully saturated rings. The highest BCUT2D eigenvalue weighted by molar-refractivity contribution is 7.88. The van der Waals surface area contributed by atoms with Crippen molar-refractivity contribution in [2.45, 2.75) is 18.5 Å². The van der Waals surface area contributed by atoms with Crippen molar-refractivity contribution >= 4 is 16.3 Å². The van der Waals surface area contributed by atoms with Gasteiger partial charge >= 0.3 is 15.6 Å². The third kappa shape index (κ3) is 4.35. The summed E-state index contributed by atoms with van der Waals surface area (Å²) in [6, 6.07) is 14.5. The second-order valence-corrected chi connectivity index (χ2v) is 6.42. The Morgan fingerprint density at radius 3 is 2.25 bits per heavy atom. The summed E-state index contributed by atoms with van der Waals surface area (Å²) in [5.74, 6) is -0.432. The number of aliphatic imine (C=N–C) groups is 1. The maximum absolute atomic E-state index is 12.4. The molecular weight excluding hydrogens is 343 g/mol. The van der Waals surface area contributed by atoms with Crippen LogP contribution in [0.15, 0.2) is 59.6 Å². The molecule has 0 aromatic heterocycles. The molecule has 0 spiro atoms. The van der Waals surface area contributed by atoms with Gasteiger partial charge in [-0.3, -0.25) is 4.99 Å². The van der Waals surface area contributed by atoms with Crippen LogP contribution in [0.3, 0.4) is 0 Å². The number of hydrogen-bond donors (Lipinski definition) is 0. The average molecular weight is 357 g/mol. The van der Waals surface area contributed by atoms with Gasteiger partial charge in [0, 0.05) is 11.8 Å². The number of alkyl halides is 3. The van der Waals surface area contributed by atoms with Crippen LogP contribution >= 0.6 is 0 Å². The van der Waals surface area contributed by atoms with Gasteiger partial charge in [-0.2, -0.15) is 21.6 Å². The number of para-hydroxylation sites is 1. The van der Waals surface area contributed by atoms with Gasteiger partial charge < -0.3 is 4.18 Å². The molecule has 0 N–H and O–H groups in total. The molecule has 8 heteroatoms. The van der Waals surface area contributed by atoms with Crippen molar-refractivity contribution in [3.63, 3.8) is 0 Å². The van der Waals surface area contributed by atoms with E-state index in [9.17, 15) is 21.6 Å². The van der Waals surface area contributed by atoms with Crippen molar-refractivity contribution in [1.29, 1.82) is 0 Å². The molecular formula is C16H14F3NO3S. The Hall–Kier alpha value is -2.35. The lowest BCUT2D eigenvalue weighted by Gasteiger charge is -2.11. The topological polar surface area (TPSA) is 55.7 Å². The number of rotatable bonds is 5. The second-order valence-electron chi connectivity index (χ2n) is 4.89. The van der Waals surface area contributed by atoms with E-state index < -0.39 is 21.4 Å². The Labute approximate surface area is 137 Å². The summed E-state index contributed by atoms with van der Waals surface area (Å²) in [6.07, 6.45) is 1.29. The molecule has 0 radical (unpaired) electrons. The summed E-state index contributed by atoms with van der Waals surface area (Å²) in [6.45, 7) is 1.81. The first-order valence-electron chi connectivity index (χ1n) is 6.88. The van der Waals surface area contributed by atoms with Crippen LogP contribution in [0.4, 0.5) is 13.2 Å². The van der Waals surface area contributed by atoms with E-state index >= 15 is 0 Å². The molecule has 2 rings (SSSR count). The van der Waals surface area contributed by atoms with Crippen molar-refractivity contribution in [3.05, 3.63) is 65.7 Å². The summed E-state index contributed by atoms with van der Waals surface area (Å²) in [5, 5.41) is 0. The predicted molar refractivity (Wildman–Crippen MR) is 84.5 cm³/mol. The summed E-state index contributed by atoms with van der Waals surface area (Å²) < 4.78 is 63.8. The van der Waals surface area contributed by atoms with Crippen LogP contribution in [0.25, 0.3) is 0 Å². The van der Waals surface area contributed by atoms with E-state index in [-0.39, 0.29) is 11.6 Å². The van der Waals surface area contributed by atoms with Crippen LogP contribution < -0.4 is 4.18 Å². The number of hydrogen-bond acceptors (Lipinski definition) is 4. The molecule has 0 aliphatic rings. The Bertz CT molecular complexity index is 818. The van der Waals surface area contributed by atoms with Crippen molar-refractivity contribution in [2.24, 2.45) is 4.99 Å². The minimum atomic E-state index is -5.73. The Kier molecular flexibility index (Phi) is 5.28. The van der Waals surface area contributed by atoms with Crippen LogP contribution in [0.1, 0.15) is 24.1 Å². The third-order valence-corrected chi connectivity index (χ3v) is 4.09. The van der Waals surface area contributed by atoms with Gasteiger partial charge in [-0.15, -0.1) is 0 Å². The van der Waals surface area contributed by atoms with E-state index in [1.165, 1.54) is 18.3 Å². The Morgan fingerprint density at radius 2 is 1.62 bits per heavy atom. The number of halogens is 3. The van der Waals surface area contributed by atoms with Gasteiger partial charge in [0.2, 0.25) is 0 Å². The fraction of sp³-hybridized carbons (Fsp3) is 0.188. The molecule has 24 heavy (non-hydrogen) atoms. The van der Waals surface area contributed by atoms with Gasteiger partial charge in [-0.05, 0) is 24.6 Å². The van der Waals surface area contributed by atoms with E-state index in [0.717, 1.165) is 11.6 Å². The van der Waals surface area contributed by atoms with Crippen LogP contribution in [0.2, 0.25) is 0 Å². The highest BCUT2D eigenvalue weighted by Crippen LogP contribution is 2.28. The molecule has 0 saturated heterocycles. The maximum atomic E-state index is 12.4. The second kappa shape index (κ2) is 7.04. The van der Waals surface area contributed by atoms with Gasteiger partial charge in [0.1, 0.15) is 0 Å². The first-order chi connectivity index (χ1) is 11.2. The zero-order chi connectivity index (χ0) is 17.8. The van der Waals surface area contributed by atoms with Gasteiger partial charge in [-0.25, -0.2) is 0 Å². The van der Waals surface area contributed by atoms with Crippen LogP contribution in [-0.4, -0.2) is 20.1 Å². The smallest absolute Gasteiger partial charge is 0.375 e. The van der Waals surface area contributed by atoms with Gasteiger partial charge in [0.15, 0.2) is 5.75 Å². The fourth-order valence-corrected chi connectivity index (χ4v) is 2.32. The van der Waals surface area contributed by atoms with E-state index in [1.54, 1.807) is 6.07 Å². The monoisotopic (exact) mass is 357 g/mol. The van der Waals surface area contributed by atoms with Crippen molar-refractivity contribution < 1.29 is 25.8 Å². The van der Waals surface area contributed by atoms with Gasteiger partial charge in [-0.1, -0.05) is 42.5 Å². The highest BCUT2D eigenvalue weighted by atomic mass is 32.2. The molecule has 0 saturated carbocycles. The molecule has 2 aromatic carbocycles. The van der Waals surface area contributed by atoms with Crippen LogP contribution in [-0.2, 0) is 10.1 Å². The maximum Gasteiger partial charge on any atom is 0.534 e. The first kappa shape index (κ1) is 18.0. The molecule has 0 bridgehead atoms. The average Bonchev–Trinajstić information content (AvgIpc) is 2.53. The zero-order valence-corrected chi connectivity index (χ0v) is 13.4. The van der Waals surface area contributed by atoms with E-state index in [0.29, 0.717) is 0 Å². The Balaban J connectivity index is 2.25. The molecule has 128 valence electrons. The largest absolute Gasteiger partial charge is 0.534 e. The summed E-state index contributed by atoms with van der Waals surface area (Å²) in [4.78, 5) is 4.24. The lowest BCUT2D eigenvalue weighted by molar-refractivity contribution is -0.0500. The van der Waals surface area contributed by atoms with Crippen molar-refractivity contribution in [2.75, 3.05) is 0 Å². The minimum absolute atomic E-state index is 0.133. The molecule has 1 atom stereocenters. The number of nitrogens with zero attached hydrogens (tertiary/aromatic N) is 1. The summed E-state index contributed by atoms with van der Waals surface area (Å²) in [7, 11) is -5.73. The third-order valence-electron chi connectivity index (χ3n) is 3.12. The van der Waals surface area contributed by atoms with Crippen molar-refractivity contribution in [3.8, 4) is 5.75 Å². The normalized spacial score (nSPS) is 13.8. The molecule has 0 aliphatic carbocycles. The standard InChI is InChI=1S/C16H14F3NO3S/c1-12(13-7-3-2-4-8-13)20-11-14-9-5-6-10-15(14)23-24(21,22)16(17,18)19/h2-12H,1H3/t12-/m0/s1. The summed E-state index contributed by atoms with van der Waals surface area (Å²) in [5.41, 5.74) is -4.45. The fourth-order valence-electron chi connectivity index (χ4n) is 1.84. The Morgan fingerprint density at radius 1 is 1.04 bits per heavy atom. The first-order valence-corrected chi connectivity index (χ1v) is 8.29. The van der Waals surface area contributed by atoms with Gasteiger partial charge in [0.25, 0.3) is 0 Å². The van der Waals surface area contributed by atoms with Crippen LogP contribution in [0, 0.1) is 0 Å². The van der Waals surface area contributed by atoms with E-state index in [1.807, 2.05) is 37.3 Å². The van der Waals surface area contributed by atoms with E-state index in [2.05, 4.69) is 9.18 Å². The predicted octanol–water partition coefficient (Wildman–Crippen LogP) is 4.10. The van der Waals surface area contributed by atoms with E-state index in [4.69, 9.17) is 0 Å². The summed E-state index contributed by atoms with van der Waals surface area (Å²) >= 11 is 0. The SMILES string of the molecule is C[C@H](N=Cc1ccccc1OS(=O)(=O)C(F)(F)F)c1ccccc1. The minimum Gasteiger partial charge on any atom is -0.375 e. The lowest BCUT2D eigenvalue weighted by Crippen LogP contribution is -2.28. The van der Waals surface area contributed by atoms with Crippen LogP contribution in [0.5, 0.6) is 5.75 Å². The van der Waals surface area contributed by atoms with Gasteiger partial charge in [0.05, 0.1) is 6.04 Å². The molecule has 2 aromatic rings. The zero-order valence-electron chi connectivity index (χ0n) is 12.6. The molecule has 0 aliphatic heterocycles. The quantitative estimate of drug-likeness (QED) is 0.460. The molecule has 4 nitrogen and oxygen atoms in total. The molecule has 0 unspecified atom stereocenters. The molecule has 0 amide bonds. The van der Waals surface area contributed by atoms with Crippen molar-refractivity contribution in [1.82, 2.24) is 0 Å².